The van der Waals surface area contributed by atoms with Gasteiger partial charge in [0.05, 0.1) is 12.3 Å². The van der Waals surface area contributed by atoms with Crippen LogP contribution in [0.15, 0.2) is 18.2 Å². The molecule has 2 aliphatic carbocycles. The monoisotopic (exact) mass is 524 g/mol. The van der Waals surface area contributed by atoms with E-state index in [0.29, 0.717) is 43.7 Å². The fourth-order valence-electron chi connectivity index (χ4n) is 5.24. The highest BCUT2D eigenvalue weighted by Crippen LogP contribution is 2.37. The lowest BCUT2D eigenvalue weighted by Crippen LogP contribution is -2.31. The van der Waals surface area contributed by atoms with Crippen molar-refractivity contribution in [3.63, 3.8) is 0 Å². The normalized spacial score (nSPS) is 25.3. The maximum absolute atomic E-state index is 14.3. The van der Waals surface area contributed by atoms with Crippen molar-refractivity contribution in [2.45, 2.75) is 103 Å². The third-order valence-corrected chi connectivity index (χ3v) is 7.19. The van der Waals surface area contributed by atoms with E-state index in [4.69, 9.17) is 4.74 Å². The standard InChI is InChI=1S/C26H34F6O4/c1-2-3-17-4-8-19(9-5-17)24(33)34-20-10-6-18(7-11-20)14-15-25(28,29)35-21-12-13-23(22(27)16-21)36-26(30,31)32/h12-13,16-20H,2-11,14-15H2,1H3. The van der Waals surface area contributed by atoms with E-state index in [9.17, 15) is 31.1 Å². The molecule has 2 fully saturated rings. The van der Waals surface area contributed by atoms with E-state index in [-0.39, 0.29) is 30.3 Å². The summed E-state index contributed by atoms with van der Waals surface area (Å²) in [4.78, 5) is 12.5. The molecule has 2 aliphatic rings. The van der Waals surface area contributed by atoms with Crippen molar-refractivity contribution in [3.05, 3.63) is 24.0 Å². The van der Waals surface area contributed by atoms with Gasteiger partial charge in [0, 0.05) is 6.07 Å². The van der Waals surface area contributed by atoms with E-state index in [1.165, 1.54) is 6.42 Å². The van der Waals surface area contributed by atoms with Gasteiger partial charge in [0.1, 0.15) is 11.9 Å². The predicted octanol–water partition coefficient (Wildman–Crippen LogP) is 8.18. The molecule has 0 N–H and O–H groups in total. The summed E-state index contributed by atoms with van der Waals surface area (Å²) in [5.41, 5.74) is 0. The maximum Gasteiger partial charge on any atom is 0.573 e. The van der Waals surface area contributed by atoms with Gasteiger partial charge in [0.15, 0.2) is 11.6 Å². The van der Waals surface area contributed by atoms with Crippen molar-refractivity contribution in [1.82, 2.24) is 0 Å². The fourth-order valence-corrected chi connectivity index (χ4v) is 5.24. The van der Waals surface area contributed by atoms with Crippen LogP contribution < -0.4 is 9.47 Å². The van der Waals surface area contributed by atoms with E-state index in [2.05, 4.69) is 16.4 Å². The molecule has 0 heterocycles. The maximum atomic E-state index is 14.3. The molecule has 2 saturated carbocycles. The van der Waals surface area contributed by atoms with Crippen LogP contribution in [0.1, 0.15) is 84.0 Å². The van der Waals surface area contributed by atoms with Crippen LogP contribution in [0.5, 0.6) is 11.5 Å². The summed E-state index contributed by atoms with van der Waals surface area (Å²) >= 11 is 0. The van der Waals surface area contributed by atoms with Gasteiger partial charge in [-0.1, -0.05) is 19.8 Å². The molecule has 36 heavy (non-hydrogen) atoms. The molecule has 4 nitrogen and oxygen atoms in total. The Bertz CT molecular complexity index is 843. The van der Waals surface area contributed by atoms with Gasteiger partial charge in [0.2, 0.25) is 0 Å². The molecule has 0 bridgehead atoms. The van der Waals surface area contributed by atoms with Crippen molar-refractivity contribution in [1.29, 1.82) is 0 Å². The average Bonchev–Trinajstić information content (AvgIpc) is 2.80. The molecule has 0 aromatic heterocycles. The number of carbonyl (C=O) groups excluding carboxylic acids is 1. The summed E-state index contributed by atoms with van der Waals surface area (Å²) in [5, 5.41) is 0. The summed E-state index contributed by atoms with van der Waals surface area (Å²) in [6, 6.07) is 1.83. The molecule has 0 radical (unpaired) electrons. The Labute approximate surface area is 207 Å². The molecule has 10 heteroatoms. The SMILES string of the molecule is CCCC1CCC(C(=O)OC2CCC(CCC(F)(F)Oc3ccc(OC(F)(F)F)c(F)c3)CC2)CC1. The highest BCUT2D eigenvalue weighted by molar-refractivity contribution is 5.72. The van der Waals surface area contributed by atoms with Crippen molar-refractivity contribution in [2.75, 3.05) is 0 Å². The van der Waals surface area contributed by atoms with Crippen LogP contribution in [0.25, 0.3) is 0 Å². The molecule has 0 amide bonds. The molecule has 0 spiro atoms. The topological polar surface area (TPSA) is 44.8 Å². The Hall–Kier alpha value is -2.13. The van der Waals surface area contributed by atoms with Crippen molar-refractivity contribution < 1.29 is 45.3 Å². The number of ether oxygens (including phenoxy) is 3. The van der Waals surface area contributed by atoms with Gasteiger partial charge in [-0.2, -0.15) is 8.78 Å². The van der Waals surface area contributed by atoms with Gasteiger partial charge in [-0.05, 0) is 81.8 Å². The molecule has 204 valence electrons. The molecule has 1 aromatic rings. The molecular weight excluding hydrogens is 490 g/mol. The minimum atomic E-state index is -5.10. The first-order chi connectivity index (χ1) is 16.9. The number of hydrogen-bond donors (Lipinski definition) is 0. The second-order valence-corrected chi connectivity index (χ2v) is 10.0. The second-order valence-electron chi connectivity index (χ2n) is 10.0. The Kier molecular flexibility index (Phi) is 9.80. The van der Waals surface area contributed by atoms with Gasteiger partial charge in [-0.15, -0.1) is 13.2 Å². The van der Waals surface area contributed by atoms with Gasteiger partial charge in [0.25, 0.3) is 0 Å². The van der Waals surface area contributed by atoms with E-state index in [1.807, 2.05) is 0 Å². The van der Waals surface area contributed by atoms with Gasteiger partial charge in [-0.3, -0.25) is 4.79 Å². The summed E-state index contributed by atoms with van der Waals surface area (Å²) in [6.07, 6.45) is -0.571. The van der Waals surface area contributed by atoms with Crippen LogP contribution in [-0.4, -0.2) is 24.5 Å². The first-order valence-corrected chi connectivity index (χ1v) is 12.8. The van der Waals surface area contributed by atoms with Crippen molar-refractivity contribution >= 4 is 5.97 Å². The summed E-state index contributed by atoms with van der Waals surface area (Å²) < 4.78 is 92.7. The minimum Gasteiger partial charge on any atom is -0.462 e. The average molecular weight is 525 g/mol. The molecule has 0 atom stereocenters. The van der Waals surface area contributed by atoms with Gasteiger partial charge in [-0.25, -0.2) is 4.39 Å². The van der Waals surface area contributed by atoms with E-state index in [1.54, 1.807) is 0 Å². The molecular formula is C26H34F6O4. The Morgan fingerprint density at radius 2 is 1.50 bits per heavy atom. The van der Waals surface area contributed by atoms with Crippen LogP contribution >= 0.6 is 0 Å². The molecule has 3 rings (SSSR count). The molecule has 1 aromatic carbocycles. The fraction of sp³-hybridized carbons (Fsp3) is 0.731. The smallest absolute Gasteiger partial charge is 0.462 e. The van der Waals surface area contributed by atoms with E-state index in [0.717, 1.165) is 38.2 Å². The zero-order valence-electron chi connectivity index (χ0n) is 20.4. The number of hydrogen-bond acceptors (Lipinski definition) is 4. The first kappa shape index (κ1) is 28.4. The van der Waals surface area contributed by atoms with Crippen LogP contribution in [0.2, 0.25) is 0 Å². The van der Waals surface area contributed by atoms with Crippen molar-refractivity contribution in [3.8, 4) is 11.5 Å². The molecule has 0 unspecified atom stereocenters. The highest BCUT2D eigenvalue weighted by Gasteiger charge is 2.36. The van der Waals surface area contributed by atoms with E-state index >= 15 is 0 Å². The predicted molar refractivity (Wildman–Crippen MR) is 120 cm³/mol. The number of carbonyl (C=O) groups is 1. The summed E-state index contributed by atoms with van der Waals surface area (Å²) in [5.74, 6) is -2.62. The zero-order valence-corrected chi connectivity index (χ0v) is 20.4. The van der Waals surface area contributed by atoms with Gasteiger partial charge >= 0.3 is 18.4 Å². The molecule has 0 saturated heterocycles. The lowest BCUT2D eigenvalue weighted by molar-refractivity contribution is -0.275. The lowest BCUT2D eigenvalue weighted by Gasteiger charge is -2.32. The number of esters is 1. The Morgan fingerprint density at radius 1 is 0.889 bits per heavy atom. The Balaban J connectivity index is 1.37. The Morgan fingerprint density at radius 3 is 2.08 bits per heavy atom. The second kappa shape index (κ2) is 12.4. The van der Waals surface area contributed by atoms with E-state index < -0.39 is 36.2 Å². The van der Waals surface area contributed by atoms with Crippen LogP contribution in [0, 0.1) is 23.6 Å². The van der Waals surface area contributed by atoms with Crippen LogP contribution in [0.3, 0.4) is 0 Å². The number of benzene rings is 1. The first-order valence-electron chi connectivity index (χ1n) is 12.8. The molecule has 0 aliphatic heterocycles. The number of rotatable bonds is 10. The van der Waals surface area contributed by atoms with Crippen LogP contribution in [0.4, 0.5) is 26.3 Å². The zero-order chi connectivity index (χ0) is 26.3. The summed E-state index contributed by atoms with van der Waals surface area (Å²) in [7, 11) is 0. The number of halogens is 6. The van der Waals surface area contributed by atoms with Crippen molar-refractivity contribution in [2.24, 2.45) is 17.8 Å². The quantitative estimate of drug-likeness (QED) is 0.229. The lowest BCUT2D eigenvalue weighted by atomic mass is 9.80. The minimum absolute atomic E-state index is 0.0122. The van der Waals surface area contributed by atoms with Crippen LogP contribution in [-0.2, 0) is 9.53 Å². The third kappa shape index (κ3) is 9.07. The largest absolute Gasteiger partial charge is 0.573 e. The third-order valence-electron chi connectivity index (χ3n) is 7.19. The summed E-state index contributed by atoms with van der Waals surface area (Å²) in [6.45, 7) is 2.17. The highest BCUT2D eigenvalue weighted by atomic mass is 19.4. The van der Waals surface area contributed by atoms with Gasteiger partial charge < -0.3 is 14.2 Å². The number of alkyl halides is 5.